The molecule has 0 unspecified atom stereocenters. The second kappa shape index (κ2) is 11.2. The summed E-state index contributed by atoms with van der Waals surface area (Å²) in [4.78, 5) is 14.9. The lowest BCUT2D eigenvalue weighted by Crippen LogP contribution is -2.44. The number of hydrogen-bond acceptors (Lipinski definition) is 6. The Morgan fingerprint density at radius 2 is 1.54 bits per heavy atom. The third-order valence-electron chi connectivity index (χ3n) is 7.60. The number of ether oxygens (including phenoxy) is 4. The van der Waals surface area contributed by atoms with Gasteiger partial charge in [0.2, 0.25) is 5.91 Å². The maximum Gasteiger partial charge on any atom is 0.227 e. The van der Waals surface area contributed by atoms with E-state index in [2.05, 4.69) is 17.4 Å². The van der Waals surface area contributed by atoms with Gasteiger partial charge in [0.05, 0.1) is 34.9 Å². The standard InChI is InChI=1S/C28H38N2O5/c1-32-23-8-7-22(18-26(23)35-4)28(10-5-11-28)19-29-12-6-13-30-14-9-20-15-24(33-2)25(34-3)16-21(20)17-27(30)31/h7-8,15-16,18,29H,5-6,9-14,17,19H2,1-4H3. The Bertz CT molecular complexity index is 1030. The largest absolute Gasteiger partial charge is 0.493 e. The van der Waals surface area contributed by atoms with E-state index >= 15 is 0 Å². The smallest absolute Gasteiger partial charge is 0.227 e. The van der Waals surface area contributed by atoms with E-state index in [9.17, 15) is 4.79 Å². The molecule has 35 heavy (non-hydrogen) atoms. The summed E-state index contributed by atoms with van der Waals surface area (Å²) in [5.41, 5.74) is 3.66. The second-order valence-electron chi connectivity index (χ2n) is 9.52. The van der Waals surface area contributed by atoms with Crippen molar-refractivity contribution >= 4 is 5.91 Å². The summed E-state index contributed by atoms with van der Waals surface area (Å²) < 4.78 is 21.8. The maximum absolute atomic E-state index is 12.9. The fraction of sp³-hybridized carbons (Fsp3) is 0.536. The molecule has 1 N–H and O–H groups in total. The average molecular weight is 483 g/mol. The molecule has 4 rings (SSSR count). The van der Waals surface area contributed by atoms with Crippen LogP contribution in [0.25, 0.3) is 0 Å². The van der Waals surface area contributed by atoms with Crippen LogP contribution in [0.4, 0.5) is 0 Å². The van der Waals surface area contributed by atoms with Crippen LogP contribution in [0.3, 0.4) is 0 Å². The van der Waals surface area contributed by atoms with Crippen LogP contribution in [0.2, 0.25) is 0 Å². The van der Waals surface area contributed by atoms with E-state index < -0.39 is 0 Å². The molecule has 0 radical (unpaired) electrons. The van der Waals surface area contributed by atoms with Crippen LogP contribution < -0.4 is 24.3 Å². The van der Waals surface area contributed by atoms with Crippen LogP contribution in [0.15, 0.2) is 30.3 Å². The van der Waals surface area contributed by atoms with Crippen molar-refractivity contribution in [2.45, 2.75) is 43.9 Å². The topological polar surface area (TPSA) is 69.3 Å². The molecule has 7 heteroatoms. The first-order valence-corrected chi connectivity index (χ1v) is 12.5. The quantitative estimate of drug-likeness (QED) is 0.492. The van der Waals surface area contributed by atoms with Gasteiger partial charge < -0.3 is 29.2 Å². The highest BCUT2D eigenvalue weighted by atomic mass is 16.5. The Hall–Kier alpha value is -2.93. The van der Waals surface area contributed by atoms with E-state index in [0.717, 1.165) is 61.8 Å². The highest BCUT2D eigenvalue weighted by Crippen LogP contribution is 2.45. The van der Waals surface area contributed by atoms with Gasteiger partial charge >= 0.3 is 0 Å². The lowest BCUT2D eigenvalue weighted by molar-refractivity contribution is -0.130. The van der Waals surface area contributed by atoms with Gasteiger partial charge in [-0.2, -0.15) is 0 Å². The van der Waals surface area contributed by atoms with E-state index in [1.54, 1.807) is 28.4 Å². The molecule has 0 spiro atoms. The molecule has 190 valence electrons. The molecule has 1 fully saturated rings. The third-order valence-corrected chi connectivity index (χ3v) is 7.60. The molecule has 1 saturated carbocycles. The molecular weight excluding hydrogens is 444 g/mol. The van der Waals surface area contributed by atoms with Crippen LogP contribution in [0, 0.1) is 0 Å². The molecular formula is C28H38N2O5. The van der Waals surface area contributed by atoms with E-state index in [4.69, 9.17) is 18.9 Å². The number of methoxy groups -OCH3 is 4. The minimum atomic E-state index is 0.151. The zero-order chi connectivity index (χ0) is 24.8. The predicted octanol–water partition coefficient (Wildman–Crippen LogP) is 3.75. The molecule has 0 aromatic heterocycles. The molecule has 0 saturated heterocycles. The van der Waals surface area contributed by atoms with Crippen molar-refractivity contribution in [2.24, 2.45) is 0 Å². The third kappa shape index (κ3) is 5.35. The number of amides is 1. The zero-order valence-electron chi connectivity index (χ0n) is 21.4. The van der Waals surface area contributed by atoms with Crippen molar-refractivity contribution < 1.29 is 23.7 Å². The van der Waals surface area contributed by atoms with Gasteiger partial charge in [0, 0.05) is 25.0 Å². The molecule has 7 nitrogen and oxygen atoms in total. The SMILES string of the molecule is COc1ccc(C2(CNCCCN3CCc4cc(OC)c(OC)cc4CC3=O)CCC2)cc1OC. The van der Waals surface area contributed by atoms with Crippen molar-refractivity contribution in [1.82, 2.24) is 10.2 Å². The van der Waals surface area contributed by atoms with Gasteiger partial charge in [-0.25, -0.2) is 0 Å². The van der Waals surface area contributed by atoms with Crippen LogP contribution in [0.1, 0.15) is 42.4 Å². The monoisotopic (exact) mass is 482 g/mol. The summed E-state index contributed by atoms with van der Waals surface area (Å²) in [6, 6.07) is 10.3. The van der Waals surface area contributed by atoms with Crippen LogP contribution in [-0.2, 0) is 23.1 Å². The molecule has 2 aromatic rings. The Morgan fingerprint density at radius 1 is 0.886 bits per heavy atom. The first kappa shape index (κ1) is 25.2. The van der Waals surface area contributed by atoms with E-state index in [0.29, 0.717) is 12.2 Å². The molecule has 0 bridgehead atoms. The molecule has 0 atom stereocenters. The molecule has 1 aliphatic carbocycles. The van der Waals surface area contributed by atoms with Crippen molar-refractivity contribution in [2.75, 3.05) is 54.6 Å². The van der Waals surface area contributed by atoms with Crippen LogP contribution in [-0.4, -0.2) is 65.4 Å². The molecule has 1 amide bonds. The van der Waals surface area contributed by atoms with Gasteiger partial charge in [-0.1, -0.05) is 12.5 Å². The Labute approximate surface area is 208 Å². The Balaban J connectivity index is 1.29. The first-order valence-electron chi connectivity index (χ1n) is 12.5. The lowest BCUT2D eigenvalue weighted by Gasteiger charge is -2.43. The number of rotatable bonds is 11. The number of nitrogens with zero attached hydrogens (tertiary/aromatic N) is 1. The summed E-state index contributed by atoms with van der Waals surface area (Å²) in [6.07, 6.45) is 5.75. The molecule has 2 aliphatic rings. The van der Waals surface area contributed by atoms with E-state index in [1.165, 1.54) is 30.4 Å². The highest BCUT2D eigenvalue weighted by molar-refractivity contribution is 5.80. The van der Waals surface area contributed by atoms with Crippen molar-refractivity contribution in [3.63, 3.8) is 0 Å². The van der Waals surface area contributed by atoms with E-state index in [1.807, 2.05) is 23.1 Å². The van der Waals surface area contributed by atoms with Gasteiger partial charge in [0.15, 0.2) is 23.0 Å². The number of carbonyl (C=O) groups excluding carboxylic acids is 1. The number of fused-ring (bicyclic) bond motifs is 1. The van der Waals surface area contributed by atoms with Crippen LogP contribution >= 0.6 is 0 Å². The minimum absolute atomic E-state index is 0.151. The summed E-state index contributed by atoms with van der Waals surface area (Å²) in [7, 11) is 6.62. The predicted molar refractivity (Wildman–Crippen MR) is 136 cm³/mol. The summed E-state index contributed by atoms with van der Waals surface area (Å²) in [6.45, 7) is 3.31. The van der Waals surface area contributed by atoms with Crippen molar-refractivity contribution in [3.05, 3.63) is 47.0 Å². The molecule has 1 heterocycles. The summed E-state index contributed by atoms with van der Waals surface area (Å²) in [5, 5.41) is 3.67. The lowest BCUT2D eigenvalue weighted by atomic mass is 9.64. The van der Waals surface area contributed by atoms with Gasteiger partial charge in [0.1, 0.15) is 0 Å². The number of hydrogen-bond donors (Lipinski definition) is 1. The normalized spacial score (nSPS) is 16.7. The van der Waals surface area contributed by atoms with Gasteiger partial charge in [-0.3, -0.25) is 4.79 Å². The minimum Gasteiger partial charge on any atom is -0.493 e. The van der Waals surface area contributed by atoms with Gasteiger partial charge in [0.25, 0.3) is 0 Å². The summed E-state index contributed by atoms with van der Waals surface area (Å²) in [5.74, 6) is 3.12. The summed E-state index contributed by atoms with van der Waals surface area (Å²) >= 11 is 0. The average Bonchev–Trinajstić information content (AvgIpc) is 3.01. The Kier molecular flexibility index (Phi) is 8.06. The zero-order valence-corrected chi connectivity index (χ0v) is 21.4. The maximum atomic E-state index is 12.9. The fourth-order valence-electron chi connectivity index (χ4n) is 5.31. The van der Waals surface area contributed by atoms with Crippen LogP contribution in [0.5, 0.6) is 23.0 Å². The number of benzene rings is 2. The van der Waals surface area contributed by atoms with E-state index in [-0.39, 0.29) is 11.3 Å². The van der Waals surface area contributed by atoms with Gasteiger partial charge in [-0.15, -0.1) is 0 Å². The Morgan fingerprint density at radius 3 is 2.17 bits per heavy atom. The second-order valence-corrected chi connectivity index (χ2v) is 9.52. The number of nitrogens with one attached hydrogen (secondary N) is 1. The molecule has 2 aromatic carbocycles. The van der Waals surface area contributed by atoms with Gasteiger partial charge in [-0.05, 0) is 73.2 Å². The highest BCUT2D eigenvalue weighted by Gasteiger charge is 2.38. The fourth-order valence-corrected chi connectivity index (χ4v) is 5.31. The van der Waals surface area contributed by atoms with Crippen molar-refractivity contribution in [1.29, 1.82) is 0 Å². The number of carbonyl (C=O) groups is 1. The molecule has 1 aliphatic heterocycles. The first-order chi connectivity index (χ1) is 17.0. The van der Waals surface area contributed by atoms with Crippen molar-refractivity contribution in [3.8, 4) is 23.0 Å².